The summed E-state index contributed by atoms with van der Waals surface area (Å²) in [6.07, 6.45) is 5.31. The predicted octanol–water partition coefficient (Wildman–Crippen LogP) is 1.95. The standard InChI is InChI=1S/C22H28N6O3/c1-14-11-27(12-15-3-4-19(30-2)23-9-15)13-17(14)20-25-22(29)18-10-24-21(28(18)26-20)16-5-7-31-8-6-16/h3-4,9-10,14,16-17H,5-8,11-13H2,1-2H3,(H,25,26,29). The van der Waals surface area contributed by atoms with Crippen LogP contribution < -0.4 is 10.3 Å². The van der Waals surface area contributed by atoms with Gasteiger partial charge in [-0.15, -0.1) is 0 Å². The van der Waals surface area contributed by atoms with Gasteiger partial charge in [0.2, 0.25) is 5.88 Å². The van der Waals surface area contributed by atoms with E-state index >= 15 is 0 Å². The zero-order valence-corrected chi connectivity index (χ0v) is 18.0. The Morgan fingerprint density at radius 2 is 2.03 bits per heavy atom. The second-order valence-corrected chi connectivity index (χ2v) is 8.63. The van der Waals surface area contributed by atoms with Crippen LogP contribution in [0, 0.1) is 5.92 Å². The maximum absolute atomic E-state index is 12.8. The van der Waals surface area contributed by atoms with E-state index in [0.717, 1.165) is 62.9 Å². The molecule has 5 rings (SSSR count). The van der Waals surface area contributed by atoms with E-state index in [2.05, 4.69) is 26.8 Å². The number of hydrogen-bond donors (Lipinski definition) is 1. The summed E-state index contributed by atoms with van der Waals surface area (Å²) in [5, 5.41) is 4.87. The van der Waals surface area contributed by atoms with Crippen molar-refractivity contribution in [1.29, 1.82) is 0 Å². The molecule has 0 radical (unpaired) electrons. The number of rotatable bonds is 5. The van der Waals surface area contributed by atoms with Crippen LogP contribution in [0.1, 0.15) is 48.8 Å². The van der Waals surface area contributed by atoms with Crippen LogP contribution in [0.25, 0.3) is 5.52 Å². The first-order valence-electron chi connectivity index (χ1n) is 10.9. The first-order valence-corrected chi connectivity index (χ1v) is 10.9. The Labute approximate surface area is 180 Å². The van der Waals surface area contributed by atoms with Crippen molar-refractivity contribution < 1.29 is 9.47 Å². The fraction of sp³-hybridized carbons (Fsp3) is 0.545. The highest BCUT2D eigenvalue weighted by atomic mass is 16.5. The van der Waals surface area contributed by atoms with Gasteiger partial charge >= 0.3 is 0 Å². The molecule has 2 saturated heterocycles. The summed E-state index contributed by atoms with van der Waals surface area (Å²) in [6.45, 7) is 6.25. The lowest BCUT2D eigenvalue weighted by Gasteiger charge is -2.21. The quantitative estimate of drug-likeness (QED) is 0.668. The van der Waals surface area contributed by atoms with Gasteiger partial charge in [-0.25, -0.2) is 14.5 Å². The Bertz CT molecular complexity index is 1100. The van der Waals surface area contributed by atoms with Gasteiger partial charge < -0.3 is 14.5 Å². The molecule has 164 valence electrons. The van der Waals surface area contributed by atoms with Gasteiger partial charge in [0.1, 0.15) is 11.6 Å². The number of nitrogens with one attached hydrogen (secondary N) is 1. The highest BCUT2D eigenvalue weighted by molar-refractivity contribution is 5.42. The number of pyridine rings is 1. The maximum Gasteiger partial charge on any atom is 0.276 e. The zero-order chi connectivity index (χ0) is 21.4. The minimum Gasteiger partial charge on any atom is -0.481 e. The van der Waals surface area contributed by atoms with Crippen molar-refractivity contribution in [3.8, 4) is 5.88 Å². The number of aromatic amines is 1. The SMILES string of the molecule is COc1ccc(CN2CC(C)C(c3nn4c(C5CCOCC5)ncc4c(=O)[nH]3)C2)cn1. The molecule has 2 unspecified atom stereocenters. The van der Waals surface area contributed by atoms with Crippen molar-refractivity contribution in [2.24, 2.45) is 5.92 Å². The molecule has 5 heterocycles. The molecule has 0 bridgehead atoms. The third-order valence-corrected chi connectivity index (χ3v) is 6.48. The predicted molar refractivity (Wildman–Crippen MR) is 114 cm³/mol. The van der Waals surface area contributed by atoms with Crippen LogP contribution in [0.2, 0.25) is 0 Å². The van der Waals surface area contributed by atoms with Gasteiger partial charge in [0, 0.05) is 56.9 Å². The largest absolute Gasteiger partial charge is 0.481 e. The number of methoxy groups -OCH3 is 1. The molecule has 9 nitrogen and oxygen atoms in total. The molecule has 0 saturated carbocycles. The molecule has 2 aliphatic rings. The summed E-state index contributed by atoms with van der Waals surface area (Å²) in [5.74, 6) is 3.05. The lowest BCUT2D eigenvalue weighted by atomic mass is 9.97. The summed E-state index contributed by atoms with van der Waals surface area (Å²) in [4.78, 5) is 27.0. The number of hydrogen-bond acceptors (Lipinski definition) is 7. The molecule has 0 amide bonds. The summed E-state index contributed by atoms with van der Waals surface area (Å²) >= 11 is 0. The second-order valence-electron chi connectivity index (χ2n) is 8.63. The fourth-order valence-electron chi connectivity index (χ4n) is 4.77. The van der Waals surface area contributed by atoms with Gasteiger partial charge in [0.05, 0.1) is 13.3 Å². The van der Waals surface area contributed by atoms with Gasteiger partial charge in [-0.1, -0.05) is 13.0 Å². The van der Waals surface area contributed by atoms with E-state index in [-0.39, 0.29) is 17.4 Å². The van der Waals surface area contributed by atoms with E-state index in [4.69, 9.17) is 14.6 Å². The summed E-state index contributed by atoms with van der Waals surface area (Å²) in [5.41, 5.74) is 1.53. The lowest BCUT2D eigenvalue weighted by Crippen LogP contribution is -2.24. The number of imidazole rings is 1. The van der Waals surface area contributed by atoms with Crippen molar-refractivity contribution in [3.63, 3.8) is 0 Å². The van der Waals surface area contributed by atoms with Crippen molar-refractivity contribution >= 4 is 5.52 Å². The van der Waals surface area contributed by atoms with Gasteiger partial charge in [-0.3, -0.25) is 9.69 Å². The first-order chi connectivity index (χ1) is 15.1. The summed E-state index contributed by atoms with van der Waals surface area (Å²) in [7, 11) is 1.62. The maximum atomic E-state index is 12.8. The van der Waals surface area contributed by atoms with E-state index < -0.39 is 0 Å². The van der Waals surface area contributed by atoms with Crippen LogP contribution in [0.3, 0.4) is 0 Å². The Balaban J connectivity index is 1.38. The van der Waals surface area contributed by atoms with E-state index in [0.29, 0.717) is 17.3 Å². The third-order valence-electron chi connectivity index (χ3n) is 6.48. The van der Waals surface area contributed by atoms with Crippen LogP contribution in [0.4, 0.5) is 0 Å². The number of ether oxygens (including phenoxy) is 2. The van der Waals surface area contributed by atoms with Gasteiger partial charge in [0.15, 0.2) is 5.52 Å². The average molecular weight is 425 g/mol. The van der Waals surface area contributed by atoms with E-state index in [9.17, 15) is 4.79 Å². The molecule has 0 aliphatic carbocycles. The number of fused-ring (bicyclic) bond motifs is 1. The molecule has 2 atom stereocenters. The van der Waals surface area contributed by atoms with E-state index in [1.807, 2.05) is 18.3 Å². The van der Waals surface area contributed by atoms with Crippen LogP contribution in [0.15, 0.2) is 29.3 Å². The third kappa shape index (κ3) is 3.95. The van der Waals surface area contributed by atoms with E-state index in [1.165, 1.54) is 0 Å². The monoisotopic (exact) mass is 424 g/mol. The van der Waals surface area contributed by atoms with Gasteiger partial charge in [-0.2, -0.15) is 5.10 Å². The molecule has 0 aromatic carbocycles. The molecule has 0 spiro atoms. The number of likely N-dealkylation sites (tertiary alicyclic amines) is 1. The minimum absolute atomic E-state index is 0.124. The lowest BCUT2D eigenvalue weighted by molar-refractivity contribution is 0.0832. The molecule has 3 aromatic rings. The van der Waals surface area contributed by atoms with Crippen molar-refractivity contribution in [1.82, 2.24) is 29.5 Å². The molecular weight excluding hydrogens is 396 g/mol. The minimum atomic E-state index is -0.124. The number of H-pyrrole nitrogens is 1. The Kier molecular flexibility index (Phi) is 5.45. The van der Waals surface area contributed by atoms with Gasteiger partial charge in [0.25, 0.3) is 5.56 Å². The van der Waals surface area contributed by atoms with Crippen LogP contribution in [-0.2, 0) is 11.3 Å². The topological polar surface area (TPSA) is 97.6 Å². The first kappa shape index (κ1) is 20.1. The highest BCUT2D eigenvalue weighted by Crippen LogP contribution is 2.31. The zero-order valence-electron chi connectivity index (χ0n) is 18.0. The molecule has 1 N–H and O–H groups in total. The van der Waals surface area contributed by atoms with E-state index in [1.54, 1.807) is 17.8 Å². The number of nitrogens with zero attached hydrogens (tertiary/aromatic N) is 5. The summed E-state index contributed by atoms with van der Waals surface area (Å²) < 4.78 is 12.4. The highest BCUT2D eigenvalue weighted by Gasteiger charge is 2.33. The Morgan fingerprint density at radius 1 is 1.19 bits per heavy atom. The van der Waals surface area contributed by atoms with Gasteiger partial charge in [-0.05, 0) is 24.3 Å². The Morgan fingerprint density at radius 3 is 2.77 bits per heavy atom. The smallest absolute Gasteiger partial charge is 0.276 e. The van der Waals surface area contributed by atoms with Crippen molar-refractivity contribution in [2.75, 3.05) is 33.4 Å². The van der Waals surface area contributed by atoms with Crippen LogP contribution >= 0.6 is 0 Å². The number of aromatic nitrogens is 5. The summed E-state index contributed by atoms with van der Waals surface area (Å²) in [6, 6.07) is 3.93. The second kappa shape index (κ2) is 8.39. The Hall–Kier alpha value is -2.78. The molecule has 9 heteroatoms. The average Bonchev–Trinajstić information content (AvgIpc) is 3.38. The van der Waals surface area contributed by atoms with Crippen LogP contribution in [0.5, 0.6) is 5.88 Å². The molecule has 3 aromatic heterocycles. The normalized spacial score (nSPS) is 22.9. The molecular formula is C22H28N6O3. The van der Waals surface area contributed by atoms with Crippen molar-refractivity contribution in [3.05, 3.63) is 52.1 Å². The molecule has 31 heavy (non-hydrogen) atoms. The fourth-order valence-corrected chi connectivity index (χ4v) is 4.77. The van der Waals surface area contributed by atoms with Crippen LogP contribution in [-0.4, -0.2) is 62.9 Å². The molecule has 2 fully saturated rings. The molecule has 2 aliphatic heterocycles. The van der Waals surface area contributed by atoms with Crippen molar-refractivity contribution in [2.45, 2.75) is 38.1 Å².